The lowest BCUT2D eigenvalue weighted by atomic mass is 10.2. The third-order valence-corrected chi connectivity index (χ3v) is 2.17. The van der Waals surface area contributed by atoms with E-state index in [2.05, 4.69) is 15.2 Å². The maximum absolute atomic E-state index is 11.2. The van der Waals surface area contributed by atoms with Crippen LogP contribution in [0.1, 0.15) is 19.5 Å². The van der Waals surface area contributed by atoms with Gasteiger partial charge >= 0.3 is 5.97 Å². The summed E-state index contributed by atoms with van der Waals surface area (Å²) >= 11 is 0. The Morgan fingerprint density at radius 3 is 2.93 bits per heavy atom. The van der Waals surface area contributed by atoms with Crippen LogP contribution >= 0.6 is 0 Å². The summed E-state index contributed by atoms with van der Waals surface area (Å²) in [5, 5.41) is 7.34. The normalized spacial score (nSPS) is 12.3. The molecule has 0 aliphatic heterocycles. The van der Waals surface area contributed by atoms with Gasteiger partial charge in [0.1, 0.15) is 6.04 Å². The highest BCUT2D eigenvalue weighted by Gasteiger charge is 2.15. The van der Waals surface area contributed by atoms with Gasteiger partial charge in [-0.05, 0) is 13.3 Å². The molecule has 1 N–H and O–H groups in total. The van der Waals surface area contributed by atoms with Crippen LogP contribution in [0.15, 0.2) is 6.20 Å². The number of anilines is 1. The summed E-state index contributed by atoms with van der Waals surface area (Å²) in [6, 6.07) is -0.357. The van der Waals surface area contributed by atoms with Gasteiger partial charge in [-0.2, -0.15) is 5.10 Å². The minimum atomic E-state index is -0.357. The third kappa shape index (κ3) is 2.71. The number of carbonyl (C=O) groups excluding carboxylic acids is 1. The Labute approximate surface area is 89.4 Å². The Morgan fingerprint density at radius 1 is 1.73 bits per heavy atom. The van der Waals surface area contributed by atoms with Crippen LogP contribution in [0.5, 0.6) is 0 Å². The molecular formula is C10H17N3O2. The molecule has 1 atom stereocenters. The summed E-state index contributed by atoms with van der Waals surface area (Å²) in [6.45, 7) is 3.79. The molecule has 0 fully saturated rings. The van der Waals surface area contributed by atoms with Crippen molar-refractivity contribution < 1.29 is 9.53 Å². The molecule has 0 aromatic carbocycles. The van der Waals surface area contributed by atoms with E-state index in [0.29, 0.717) is 0 Å². The number of ether oxygens (including phenoxy) is 1. The van der Waals surface area contributed by atoms with Gasteiger partial charge in [-0.15, -0.1) is 0 Å². The van der Waals surface area contributed by atoms with Gasteiger partial charge in [0.25, 0.3) is 0 Å². The minimum Gasteiger partial charge on any atom is -0.467 e. The van der Waals surface area contributed by atoms with Gasteiger partial charge in [0, 0.05) is 13.2 Å². The maximum atomic E-state index is 11.2. The van der Waals surface area contributed by atoms with E-state index in [1.807, 2.05) is 20.2 Å². The Bertz CT molecular complexity index is 346. The molecule has 0 aliphatic rings. The number of methoxy groups -OCH3 is 1. The number of carbonyl (C=O) groups is 1. The summed E-state index contributed by atoms with van der Waals surface area (Å²) in [7, 11) is 3.23. The molecule has 0 spiro atoms. The molecule has 1 heterocycles. The molecule has 1 aromatic rings. The number of nitrogens with one attached hydrogen (secondary N) is 1. The largest absolute Gasteiger partial charge is 0.467 e. The first kappa shape index (κ1) is 11.6. The van der Waals surface area contributed by atoms with Crippen LogP contribution in [0.3, 0.4) is 0 Å². The number of nitrogens with zero attached hydrogens (tertiary/aromatic N) is 2. The fourth-order valence-corrected chi connectivity index (χ4v) is 1.39. The second-order valence-electron chi connectivity index (χ2n) is 3.41. The van der Waals surface area contributed by atoms with Gasteiger partial charge in [-0.25, -0.2) is 4.79 Å². The molecule has 0 unspecified atom stereocenters. The lowest BCUT2D eigenvalue weighted by Crippen LogP contribution is -2.27. The van der Waals surface area contributed by atoms with E-state index in [4.69, 9.17) is 0 Å². The highest BCUT2D eigenvalue weighted by atomic mass is 16.5. The molecule has 0 saturated heterocycles. The van der Waals surface area contributed by atoms with Crippen molar-refractivity contribution in [3.8, 4) is 0 Å². The Balaban J connectivity index is 2.75. The number of hydrogen-bond acceptors (Lipinski definition) is 4. The number of hydrogen-bond donors (Lipinski definition) is 1. The SMILES string of the molecule is CCc1nn(C)cc1N[C@H](C)C(=O)OC. The van der Waals surface area contributed by atoms with Gasteiger partial charge in [-0.3, -0.25) is 4.68 Å². The van der Waals surface area contributed by atoms with Gasteiger partial charge in [-0.1, -0.05) is 6.92 Å². The summed E-state index contributed by atoms with van der Waals surface area (Å²) in [6.07, 6.45) is 2.69. The second kappa shape index (κ2) is 4.82. The number of esters is 1. The molecule has 0 aliphatic carbocycles. The van der Waals surface area contributed by atoms with E-state index in [9.17, 15) is 4.79 Å². The summed E-state index contributed by atoms with van der Waals surface area (Å²) in [4.78, 5) is 11.2. The van der Waals surface area contributed by atoms with E-state index >= 15 is 0 Å². The lowest BCUT2D eigenvalue weighted by molar-refractivity contribution is -0.141. The zero-order valence-electron chi connectivity index (χ0n) is 9.57. The fourth-order valence-electron chi connectivity index (χ4n) is 1.39. The second-order valence-corrected chi connectivity index (χ2v) is 3.41. The number of rotatable bonds is 4. The lowest BCUT2D eigenvalue weighted by Gasteiger charge is -2.11. The fraction of sp³-hybridized carbons (Fsp3) is 0.600. The standard InChI is InChI=1S/C10H17N3O2/c1-5-8-9(6-13(3)12-8)11-7(2)10(14)15-4/h6-7,11H,5H2,1-4H3/t7-/m1/s1. The van der Waals surface area contributed by atoms with E-state index in [1.165, 1.54) is 7.11 Å². The predicted molar refractivity (Wildman–Crippen MR) is 57.7 cm³/mol. The summed E-state index contributed by atoms with van der Waals surface area (Å²) < 4.78 is 6.36. The molecule has 5 heteroatoms. The molecule has 0 bridgehead atoms. The van der Waals surface area contributed by atoms with Crippen molar-refractivity contribution in [3.63, 3.8) is 0 Å². The number of aromatic nitrogens is 2. The van der Waals surface area contributed by atoms with Crippen LogP contribution in [0.25, 0.3) is 0 Å². The van der Waals surface area contributed by atoms with Gasteiger partial charge in [0.2, 0.25) is 0 Å². The van der Waals surface area contributed by atoms with Crippen LogP contribution in [-0.2, 0) is 23.0 Å². The van der Waals surface area contributed by atoms with Crippen molar-refractivity contribution in [2.24, 2.45) is 7.05 Å². The van der Waals surface area contributed by atoms with E-state index in [0.717, 1.165) is 17.8 Å². The van der Waals surface area contributed by atoms with Crippen LogP contribution in [0.4, 0.5) is 5.69 Å². The van der Waals surface area contributed by atoms with Gasteiger partial charge in [0.05, 0.1) is 18.5 Å². The summed E-state index contributed by atoms with van der Waals surface area (Å²) in [5.74, 6) is -0.277. The first-order valence-electron chi connectivity index (χ1n) is 4.95. The number of aryl methyl sites for hydroxylation is 2. The molecule has 84 valence electrons. The molecule has 1 rings (SSSR count). The Morgan fingerprint density at radius 2 is 2.40 bits per heavy atom. The van der Waals surface area contributed by atoms with E-state index in [1.54, 1.807) is 11.6 Å². The molecule has 0 radical (unpaired) electrons. The zero-order chi connectivity index (χ0) is 11.4. The summed E-state index contributed by atoms with van der Waals surface area (Å²) in [5.41, 5.74) is 1.84. The Hall–Kier alpha value is -1.52. The topological polar surface area (TPSA) is 56.2 Å². The molecule has 5 nitrogen and oxygen atoms in total. The first-order chi connectivity index (χ1) is 7.08. The van der Waals surface area contributed by atoms with Crippen LogP contribution < -0.4 is 5.32 Å². The zero-order valence-corrected chi connectivity index (χ0v) is 9.57. The predicted octanol–water partition coefficient (Wildman–Crippen LogP) is 0.956. The highest BCUT2D eigenvalue weighted by Crippen LogP contribution is 2.14. The molecule has 0 amide bonds. The Kier molecular flexibility index (Phi) is 3.71. The molecule has 1 aromatic heterocycles. The molecule has 15 heavy (non-hydrogen) atoms. The van der Waals surface area contributed by atoms with E-state index in [-0.39, 0.29) is 12.0 Å². The van der Waals surface area contributed by atoms with Crippen molar-refractivity contribution >= 4 is 11.7 Å². The van der Waals surface area contributed by atoms with Crippen molar-refractivity contribution in [1.82, 2.24) is 9.78 Å². The van der Waals surface area contributed by atoms with Crippen molar-refractivity contribution in [2.45, 2.75) is 26.3 Å². The van der Waals surface area contributed by atoms with Crippen molar-refractivity contribution in [3.05, 3.63) is 11.9 Å². The van der Waals surface area contributed by atoms with Gasteiger partial charge in [0.15, 0.2) is 0 Å². The smallest absolute Gasteiger partial charge is 0.327 e. The van der Waals surface area contributed by atoms with Crippen molar-refractivity contribution in [2.75, 3.05) is 12.4 Å². The monoisotopic (exact) mass is 211 g/mol. The first-order valence-corrected chi connectivity index (χ1v) is 4.95. The third-order valence-electron chi connectivity index (χ3n) is 2.17. The van der Waals surface area contributed by atoms with E-state index < -0.39 is 0 Å². The maximum Gasteiger partial charge on any atom is 0.327 e. The molecule has 0 saturated carbocycles. The average Bonchev–Trinajstić information content (AvgIpc) is 2.57. The van der Waals surface area contributed by atoms with Crippen LogP contribution in [0.2, 0.25) is 0 Å². The highest BCUT2D eigenvalue weighted by molar-refractivity contribution is 5.78. The van der Waals surface area contributed by atoms with Crippen LogP contribution in [-0.4, -0.2) is 28.9 Å². The average molecular weight is 211 g/mol. The quantitative estimate of drug-likeness (QED) is 0.753. The molecular weight excluding hydrogens is 194 g/mol. The van der Waals surface area contributed by atoms with Crippen molar-refractivity contribution in [1.29, 1.82) is 0 Å². The van der Waals surface area contributed by atoms with Crippen LogP contribution in [0, 0.1) is 0 Å². The minimum absolute atomic E-state index is 0.277. The van der Waals surface area contributed by atoms with Gasteiger partial charge < -0.3 is 10.1 Å².